The average Bonchev–Trinajstić information content (AvgIpc) is 2.05. The van der Waals surface area contributed by atoms with Crippen LogP contribution in [0, 0.1) is 0 Å². The van der Waals surface area contributed by atoms with E-state index in [0.29, 0.717) is 23.7 Å². The van der Waals surface area contributed by atoms with Gasteiger partial charge in [0, 0.05) is 6.07 Å². The van der Waals surface area contributed by atoms with Gasteiger partial charge in [-0.3, -0.25) is 4.98 Å². The van der Waals surface area contributed by atoms with Gasteiger partial charge in [-0.25, -0.2) is 0 Å². The maximum atomic E-state index is 5.65. The van der Waals surface area contributed by atoms with Crippen molar-refractivity contribution in [1.82, 2.24) is 4.98 Å². The van der Waals surface area contributed by atoms with Gasteiger partial charge in [-0.2, -0.15) is 0 Å². The number of hydrogen-bond donors (Lipinski definition) is 1. The first-order valence-corrected chi connectivity index (χ1v) is 3.78. The average molecular weight is 164 g/mol. The summed E-state index contributed by atoms with van der Waals surface area (Å²) in [5, 5.41) is 0. The number of nitrogen functional groups attached to an aromatic ring is 1. The van der Waals surface area contributed by atoms with E-state index in [1.807, 2.05) is 6.92 Å². The van der Waals surface area contributed by atoms with Crippen LogP contribution in [0.4, 0.5) is 5.69 Å². The van der Waals surface area contributed by atoms with Crippen LogP contribution in [0.2, 0.25) is 0 Å². The number of nitrogens with zero attached hydrogens (tertiary/aromatic N) is 1. The summed E-state index contributed by atoms with van der Waals surface area (Å²) in [5.41, 5.74) is 6.93. The predicted octanol–water partition coefficient (Wildman–Crippen LogP) is 1.71. The molecule has 0 aliphatic rings. The quantitative estimate of drug-likeness (QED) is 0.739. The van der Waals surface area contributed by atoms with Gasteiger partial charge in [-0.05, 0) is 13.0 Å². The molecule has 0 spiro atoms. The Bertz CT molecular complexity index is 284. The standard InChI is InChI=1S/C9H12N2O/c1-3-9-8(10)5-7(6-11-9)12-4-2/h3,5-6H,1,4,10H2,2H3. The molecule has 64 valence electrons. The molecule has 1 heterocycles. The molecule has 0 aliphatic heterocycles. The molecule has 0 radical (unpaired) electrons. The highest BCUT2D eigenvalue weighted by molar-refractivity contribution is 5.60. The lowest BCUT2D eigenvalue weighted by molar-refractivity contribution is 0.339. The lowest BCUT2D eigenvalue weighted by atomic mass is 10.3. The van der Waals surface area contributed by atoms with Gasteiger partial charge in [0.15, 0.2) is 0 Å². The van der Waals surface area contributed by atoms with Crippen molar-refractivity contribution in [3.8, 4) is 5.75 Å². The Morgan fingerprint density at radius 2 is 2.50 bits per heavy atom. The maximum Gasteiger partial charge on any atom is 0.139 e. The minimum Gasteiger partial charge on any atom is -0.492 e. The van der Waals surface area contributed by atoms with Crippen molar-refractivity contribution in [3.63, 3.8) is 0 Å². The summed E-state index contributed by atoms with van der Waals surface area (Å²) in [6, 6.07) is 1.74. The molecule has 2 N–H and O–H groups in total. The topological polar surface area (TPSA) is 48.1 Å². The molecule has 1 aromatic rings. The van der Waals surface area contributed by atoms with E-state index in [4.69, 9.17) is 10.5 Å². The fraction of sp³-hybridized carbons (Fsp3) is 0.222. The van der Waals surface area contributed by atoms with E-state index in [9.17, 15) is 0 Å². The lowest BCUT2D eigenvalue weighted by Crippen LogP contribution is -1.96. The molecule has 0 saturated carbocycles. The van der Waals surface area contributed by atoms with E-state index in [2.05, 4.69) is 11.6 Å². The van der Waals surface area contributed by atoms with Crippen molar-refractivity contribution in [2.75, 3.05) is 12.3 Å². The van der Waals surface area contributed by atoms with Crippen LogP contribution in [0.25, 0.3) is 6.08 Å². The zero-order valence-corrected chi connectivity index (χ0v) is 7.08. The molecule has 0 amide bonds. The van der Waals surface area contributed by atoms with Crippen LogP contribution in [0.15, 0.2) is 18.8 Å². The summed E-state index contributed by atoms with van der Waals surface area (Å²) in [7, 11) is 0. The zero-order chi connectivity index (χ0) is 8.97. The van der Waals surface area contributed by atoms with Crippen molar-refractivity contribution in [1.29, 1.82) is 0 Å². The second-order valence-electron chi connectivity index (χ2n) is 2.28. The fourth-order valence-electron chi connectivity index (χ4n) is 0.888. The Morgan fingerprint density at radius 3 is 3.00 bits per heavy atom. The van der Waals surface area contributed by atoms with Crippen LogP contribution in [0.3, 0.4) is 0 Å². The van der Waals surface area contributed by atoms with Gasteiger partial charge in [0.25, 0.3) is 0 Å². The summed E-state index contributed by atoms with van der Waals surface area (Å²) in [6.07, 6.45) is 3.25. The highest BCUT2D eigenvalue weighted by Gasteiger charge is 1.98. The smallest absolute Gasteiger partial charge is 0.139 e. The molecule has 0 aromatic carbocycles. The molecule has 0 fully saturated rings. The molecule has 1 aromatic heterocycles. The van der Waals surface area contributed by atoms with Crippen LogP contribution >= 0.6 is 0 Å². The third kappa shape index (κ3) is 1.75. The first-order valence-electron chi connectivity index (χ1n) is 3.78. The Balaban J connectivity index is 2.93. The van der Waals surface area contributed by atoms with E-state index in [1.165, 1.54) is 0 Å². The Kier molecular flexibility index (Phi) is 2.69. The van der Waals surface area contributed by atoms with Crippen LogP contribution in [0.1, 0.15) is 12.6 Å². The first-order chi connectivity index (χ1) is 5.77. The Hall–Kier alpha value is -1.51. The summed E-state index contributed by atoms with van der Waals surface area (Å²) in [6.45, 7) is 6.12. The molecule has 0 aliphatic carbocycles. The number of aromatic nitrogens is 1. The third-order valence-electron chi connectivity index (χ3n) is 1.43. The van der Waals surface area contributed by atoms with E-state index in [1.54, 1.807) is 18.3 Å². The number of nitrogens with two attached hydrogens (primary N) is 1. The number of pyridine rings is 1. The molecule has 0 saturated heterocycles. The lowest BCUT2D eigenvalue weighted by Gasteiger charge is -2.04. The number of ether oxygens (including phenoxy) is 1. The third-order valence-corrected chi connectivity index (χ3v) is 1.43. The largest absolute Gasteiger partial charge is 0.492 e. The van der Waals surface area contributed by atoms with Crippen molar-refractivity contribution in [3.05, 3.63) is 24.5 Å². The molecule has 3 nitrogen and oxygen atoms in total. The maximum absolute atomic E-state index is 5.65. The van der Waals surface area contributed by atoms with Gasteiger partial charge in [-0.15, -0.1) is 0 Å². The molecular formula is C9H12N2O. The second kappa shape index (κ2) is 3.76. The Morgan fingerprint density at radius 1 is 1.75 bits per heavy atom. The molecule has 0 bridgehead atoms. The molecule has 0 unspecified atom stereocenters. The molecule has 1 rings (SSSR count). The minimum absolute atomic E-state index is 0.593. The normalized spacial score (nSPS) is 9.42. The predicted molar refractivity (Wildman–Crippen MR) is 49.9 cm³/mol. The van der Waals surface area contributed by atoms with E-state index >= 15 is 0 Å². The summed E-state index contributed by atoms with van der Waals surface area (Å²) >= 11 is 0. The highest BCUT2D eigenvalue weighted by atomic mass is 16.5. The van der Waals surface area contributed by atoms with Gasteiger partial charge < -0.3 is 10.5 Å². The zero-order valence-electron chi connectivity index (χ0n) is 7.08. The van der Waals surface area contributed by atoms with Gasteiger partial charge in [-0.1, -0.05) is 6.58 Å². The van der Waals surface area contributed by atoms with Gasteiger partial charge in [0.1, 0.15) is 5.75 Å². The number of anilines is 1. The van der Waals surface area contributed by atoms with Crippen molar-refractivity contribution in [2.45, 2.75) is 6.92 Å². The van der Waals surface area contributed by atoms with Gasteiger partial charge in [0.05, 0.1) is 24.2 Å². The second-order valence-corrected chi connectivity index (χ2v) is 2.28. The minimum atomic E-state index is 0.593. The first kappa shape index (κ1) is 8.59. The van der Waals surface area contributed by atoms with Crippen molar-refractivity contribution < 1.29 is 4.74 Å². The number of hydrogen-bond acceptors (Lipinski definition) is 3. The van der Waals surface area contributed by atoms with Crippen LogP contribution < -0.4 is 10.5 Å². The molecule has 12 heavy (non-hydrogen) atoms. The summed E-state index contributed by atoms with van der Waals surface area (Å²) in [4.78, 5) is 4.05. The fourth-order valence-corrected chi connectivity index (χ4v) is 0.888. The molecule has 3 heteroatoms. The van der Waals surface area contributed by atoms with E-state index in [-0.39, 0.29) is 0 Å². The molecular weight excluding hydrogens is 152 g/mol. The highest BCUT2D eigenvalue weighted by Crippen LogP contribution is 2.17. The monoisotopic (exact) mass is 164 g/mol. The van der Waals surface area contributed by atoms with Crippen LogP contribution in [0.5, 0.6) is 5.75 Å². The summed E-state index contributed by atoms with van der Waals surface area (Å²) < 4.78 is 5.21. The number of rotatable bonds is 3. The Labute approximate surface area is 71.9 Å². The van der Waals surface area contributed by atoms with Crippen LogP contribution in [-0.2, 0) is 0 Å². The van der Waals surface area contributed by atoms with Crippen molar-refractivity contribution >= 4 is 11.8 Å². The van der Waals surface area contributed by atoms with Gasteiger partial charge >= 0.3 is 0 Å². The van der Waals surface area contributed by atoms with E-state index in [0.717, 1.165) is 0 Å². The van der Waals surface area contributed by atoms with Crippen LogP contribution in [-0.4, -0.2) is 11.6 Å². The van der Waals surface area contributed by atoms with Gasteiger partial charge in [0.2, 0.25) is 0 Å². The summed E-state index contributed by atoms with van der Waals surface area (Å²) in [5.74, 6) is 0.695. The van der Waals surface area contributed by atoms with Crippen molar-refractivity contribution in [2.24, 2.45) is 0 Å². The SMILES string of the molecule is C=Cc1ncc(OCC)cc1N. The van der Waals surface area contributed by atoms with E-state index < -0.39 is 0 Å². The molecule has 0 atom stereocenters.